The van der Waals surface area contributed by atoms with Crippen molar-refractivity contribution in [1.82, 2.24) is 30.3 Å². The van der Waals surface area contributed by atoms with Gasteiger partial charge in [-0.05, 0) is 75.0 Å². The number of piperidine rings is 1. The summed E-state index contributed by atoms with van der Waals surface area (Å²) in [4.78, 5) is 9.46. The van der Waals surface area contributed by atoms with Crippen LogP contribution in [0, 0.1) is 11.8 Å². The fourth-order valence-corrected chi connectivity index (χ4v) is 5.10. The fraction of sp³-hybridized carbons (Fsp3) is 0.429. The number of nitrogens with one attached hydrogen (secondary N) is 2. The lowest BCUT2D eigenvalue weighted by Gasteiger charge is -2.31. The van der Waals surface area contributed by atoms with Gasteiger partial charge in [-0.25, -0.2) is 0 Å². The first-order chi connectivity index (χ1) is 16.7. The Hall–Kier alpha value is -3.14. The number of rotatable bonds is 7. The topological polar surface area (TPSA) is 60.1 Å². The summed E-state index contributed by atoms with van der Waals surface area (Å²) in [5, 5.41) is 12.5. The number of fused-ring (bicyclic) bond motifs is 1. The number of hydrogen-bond acceptors (Lipinski definition) is 5. The molecule has 0 radical (unpaired) electrons. The van der Waals surface area contributed by atoms with Crippen molar-refractivity contribution in [3.8, 4) is 23.0 Å². The minimum absolute atomic E-state index is 0.416. The molecule has 176 valence electrons. The van der Waals surface area contributed by atoms with Gasteiger partial charge in [0.2, 0.25) is 0 Å². The van der Waals surface area contributed by atoms with Crippen molar-refractivity contribution in [2.75, 3.05) is 32.7 Å². The number of pyridine rings is 1. The number of aromatic amines is 1. The van der Waals surface area contributed by atoms with E-state index in [4.69, 9.17) is 0 Å². The zero-order chi connectivity index (χ0) is 23.3. The van der Waals surface area contributed by atoms with Crippen molar-refractivity contribution < 1.29 is 0 Å². The minimum Gasteiger partial charge on any atom is -0.381 e. The lowest BCUT2D eigenvalue weighted by Crippen LogP contribution is -2.41. The highest BCUT2D eigenvalue weighted by Gasteiger charge is 2.20. The van der Waals surface area contributed by atoms with E-state index in [2.05, 4.69) is 73.0 Å². The van der Waals surface area contributed by atoms with Gasteiger partial charge in [0.05, 0.1) is 17.8 Å². The van der Waals surface area contributed by atoms with Crippen molar-refractivity contribution in [3.05, 3.63) is 54.5 Å². The van der Waals surface area contributed by atoms with Crippen LogP contribution in [0.25, 0.3) is 27.7 Å². The van der Waals surface area contributed by atoms with Crippen LogP contribution >= 0.6 is 0 Å². The van der Waals surface area contributed by atoms with Gasteiger partial charge in [0, 0.05) is 49.0 Å². The van der Waals surface area contributed by atoms with Gasteiger partial charge in [-0.2, -0.15) is 5.10 Å². The molecule has 3 aromatic rings. The first kappa shape index (κ1) is 22.6. The predicted octanol–water partition coefficient (Wildman–Crippen LogP) is 4.27. The molecule has 4 heterocycles. The smallest absolute Gasteiger partial charge is 0.115 e. The summed E-state index contributed by atoms with van der Waals surface area (Å²) >= 11 is 0. The Kier molecular flexibility index (Phi) is 6.94. The molecule has 0 spiro atoms. The fourth-order valence-electron chi connectivity index (χ4n) is 5.10. The Bertz CT molecular complexity index is 1200. The Morgan fingerprint density at radius 3 is 2.71 bits per heavy atom. The number of likely N-dealkylation sites (tertiary alicyclic amines) is 2. The van der Waals surface area contributed by atoms with Crippen LogP contribution in [0.2, 0.25) is 0 Å². The summed E-state index contributed by atoms with van der Waals surface area (Å²) in [6.07, 6.45) is 8.74. The molecule has 2 aliphatic heterocycles. The van der Waals surface area contributed by atoms with E-state index in [0.717, 1.165) is 72.4 Å². The van der Waals surface area contributed by atoms with E-state index in [1.54, 1.807) is 0 Å². The summed E-state index contributed by atoms with van der Waals surface area (Å²) < 4.78 is 0. The standard InChI is InChI=1S/C28H34N6/c1-3-4-11-33-14-9-25(10-15-33)30-21(2)28-26-17-23(7-8-27(26)31-32-28)24-16-22(18-29-19-24)20-34-12-5-6-13-34/h7-8,16-19,25,30H,2,5-6,9-15,20H2,1H3,(H,31,32). The third-order valence-electron chi connectivity index (χ3n) is 7.03. The molecule has 2 saturated heterocycles. The molecule has 2 fully saturated rings. The number of aromatic nitrogens is 3. The van der Waals surface area contributed by atoms with E-state index in [9.17, 15) is 0 Å². The molecular formula is C28H34N6. The third-order valence-corrected chi connectivity index (χ3v) is 7.03. The number of hydrogen-bond donors (Lipinski definition) is 2. The zero-order valence-corrected chi connectivity index (χ0v) is 20.1. The number of nitrogens with zero attached hydrogens (tertiary/aromatic N) is 4. The number of benzene rings is 1. The van der Waals surface area contributed by atoms with Crippen molar-refractivity contribution >= 4 is 16.6 Å². The van der Waals surface area contributed by atoms with Gasteiger partial charge in [-0.3, -0.25) is 19.9 Å². The van der Waals surface area contributed by atoms with Crippen LogP contribution in [-0.4, -0.2) is 63.7 Å². The molecule has 6 heteroatoms. The highest BCUT2D eigenvalue weighted by Crippen LogP contribution is 2.28. The van der Waals surface area contributed by atoms with Gasteiger partial charge in [-0.15, -0.1) is 5.92 Å². The molecule has 0 amide bonds. The number of H-pyrrole nitrogens is 1. The molecule has 0 aliphatic carbocycles. The van der Waals surface area contributed by atoms with Crippen LogP contribution in [0.1, 0.15) is 43.9 Å². The molecule has 2 aromatic heterocycles. The summed E-state index contributed by atoms with van der Waals surface area (Å²) in [5.41, 5.74) is 6.38. The van der Waals surface area contributed by atoms with Gasteiger partial charge >= 0.3 is 0 Å². The van der Waals surface area contributed by atoms with E-state index in [-0.39, 0.29) is 0 Å². The van der Waals surface area contributed by atoms with Crippen LogP contribution < -0.4 is 5.32 Å². The lowest BCUT2D eigenvalue weighted by molar-refractivity contribution is 0.227. The normalized spacial score (nSPS) is 17.6. The molecule has 0 saturated carbocycles. The largest absolute Gasteiger partial charge is 0.381 e. The molecule has 2 aliphatic rings. The Labute approximate surface area is 202 Å². The van der Waals surface area contributed by atoms with Crippen LogP contribution in [0.5, 0.6) is 0 Å². The second-order valence-corrected chi connectivity index (χ2v) is 9.50. The molecular weight excluding hydrogens is 420 g/mol. The summed E-state index contributed by atoms with van der Waals surface area (Å²) in [6.45, 7) is 12.6. The highest BCUT2D eigenvalue weighted by atomic mass is 15.2. The van der Waals surface area contributed by atoms with Gasteiger partial charge in [0.1, 0.15) is 5.69 Å². The quantitative estimate of drug-likeness (QED) is 0.522. The first-order valence-electron chi connectivity index (χ1n) is 12.4. The molecule has 1 aromatic carbocycles. The molecule has 0 unspecified atom stereocenters. The monoisotopic (exact) mass is 454 g/mol. The van der Waals surface area contributed by atoms with Crippen molar-refractivity contribution in [3.63, 3.8) is 0 Å². The second-order valence-electron chi connectivity index (χ2n) is 9.50. The highest BCUT2D eigenvalue weighted by molar-refractivity contribution is 5.92. The molecule has 0 bridgehead atoms. The van der Waals surface area contributed by atoms with Gasteiger partial charge in [0.25, 0.3) is 0 Å². The molecule has 34 heavy (non-hydrogen) atoms. The average molecular weight is 455 g/mol. The Morgan fingerprint density at radius 2 is 1.91 bits per heavy atom. The molecule has 2 N–H and O–H groups in total. The van der Waals surface area contributed by atoms with Gasteiger partial charge < -0.3 is 5.32 Å². The van der Waals surface area contributed by atoms with Crippen LogP contribution in [0.4, 0.5) is 0 Å². The zero-order valence-electron chi connectivity index (χ0n) is 20.1. The van der Waals surface area contributed by atoms with Crippen molar-refractivity contribution in [2.24, 2.45) is 0 Å². The minimum atomic E-state index is 0.416. The lowest BCUT2D eigenvalue weighted by atomic mass is 10.0. The first-order valence-corrected chi connectivity index (χ1v) is 12.4. The molecule has 5 rings (SSSR count). The van der Waals surface area contributed by atoms with Crippen LogP contribution in [0.3, 0.4) is 0 Å². The Morgan fingerprint density at radius 1 is 1.09 bits per heavy atom. The maximum absolute atomic E-state index is 4.60. The van der Waals surface area contributed by atoms with Crippen molar-refractivity contribution in [1.29, 1.82) is 0 Å². The van der Waals surface area contributed by atoms with E-state index in [1.807, 2.05) is 19.3 Å². The van der Waals surface area contributed by atoms with E-state index in [1.165, 1.54) is 31.5 Å². The van der Waals surface area contributed by atoms with Crippen molar-refractivity contribution in [2.45, 2.75) is 45.2 Å². The maximum atomic E-state index is 4.60. The molecule has 6 nitrogen and oxygen atoms in total. The Balaban J connectivity index is 1.29. The van der Waals surface area contributed by atoms with Crippen LogP contribution in [-0.2, 0) is 6.54 Å². The van der Waals surface area contributed by atoms with Gasteiger partial charge in [0.15, 0.2) is 0 Å². The van der Waals surface area contributed by atoms with E-state index < -0.39 is 0 Å². The third kappa shape index (κ3) is 5.16. The van der Waals surface area contributed by atoms with E-state index >= 15 is 0 Å². The maximum Gasteiger partial charge on any atom is 0.115 e. The van der Waals surface area contributed by atoms with Crippen LogP contribution in [0.15, 0.2) is 43.2 Å². The average Bonchev–Trinajstić information content (AvgIpc) is 3.53. The molecule has 0 atom stereocenters. The summed E-state index contributed by atoms with van der Waals surface area (Å²) in [6, 6.07) is 9.15. The summed E-state index contributed by atoms with van der Waals surface area (Å²) in [7, 11) is 0. The SMILES string of the molecule is C=C(NC1CCN(CC#CC)CC1)c1n[nH]c2ccc(-c3cncc(CN4CCCC4)c3)cc12. The van der Waals surface area contributed by atoms with Gasteiger partial charge in [-0.1, -0.05) is 18.6 Å². The predicted molar refractivity (Wildman–Crippen MR) is 139 cm³/mol. The van der Waals surface area contributed by atoms with E-state index in [0.29, 0.717) is 6.04 Å². The second kappa shape index (κ2) is 10.4. The summed E-state index contributed by atoms with van der Waals surface area (Å²) in [5.74, 6) is 6.16.